The fourth-order valence-corrected chi connectivity index (χ4v) is 3.05. The van der Waals surface area contributed by atoms with Crippen molar-refractivity contribution >= 4 is 11.0 Å². The summed E-state index contributed by atoms with van der Waals surface area (Å²) in [5, 5.41) is 0. The fraction of sp³-hybridized carbons (Fsp3) is 0.571. The largest absolute Gasteiger partial charge is 0.328 e. The van der Waals surface area contributed by atoms with Crippen molar-refractivity contribution < 1.29 is 0 Å². The summed E-state index contributed by atoms with van der Waals surface area (Å²) in [4.78, 5) is 8.96. The number of aromatic nitrogens is 3. The van der Waals surface area contributed by atoms with Gasteiger partial charge in [0, 0.05) is 24.2 Å². The first-order valence-corrected chi connectivity index (χ1v) is 6.74. The lowest BCUT2D eigenvalue weighted by molar-refractivity contribution is 0.536. The monoisotopic (exact) mass is 244 g/mol. The summed E-state index contributed by atoms with van der Waals surface area (Å²) in [7, 11) is 0. The Morgan fingerprint density at radius 1 is 1.39 bits per heavy atom. The zero-order valence-electron chi connectivity index (χ0n) is 11.0. The van der Waals surface area contributed by atoms with Gasteiger partial charge in [-0.05, 0) is 39.2 Å². The van der Waals surface area contributed by atoms with Gasteiger partial charge >= 0.3 is 0 Å². The molecule has 4 heteroatoms. The summed E-state index contributed by atoms with van der Waals surface area (Å²) in [6.07, 6.45) is 7.03. The first-order valence-electron chi connectivity index (χ1n) is 6.74. The molecule has 2 unspecified atom stereocenters. The minimum atomic E-state index is 0.341. The molecule has 0 saturated heterocycles. The summed E-state index contributed by atoms with van der Waals surface area (Å²) in [5.41, 5.74) is 8.23. The molecule has 0 aliphatic heterocycles. The van der Waals surface area contributed by atoms with E-state index in [2.05, 4.69) is 29.5 Å². The fourth-order valence-electron chi connectivity index (χ4n) is 3.05. The van der Waals surface area contributed by atoms with Crippen molar-refractivity contribution in [2.45, 2.75) is 51.1 Å². The number of pyridine rings is 1. The van der Waals surface area contributed by atoms with Crippen LogP contribution in [0.3, 0.4) is 0 Å². The number of imidazole rings is 1. The average Bonchev–Trinajstić information content (AvgIpc) is 2.91. The third kappa shape index (κ3) is 1.81. The van der Waals surface area contributed by atoms with Crippen molar-refractivity contribution in [3.63, 3.8) is 0 Å². The molecule has 96 valence electrons. The first kappa shape index (κ1) is 11.7. The van der Waals surface area contributed by atoms with Crippen LogP contribution in [0.15, 0.2) is 18.5 Å². The molecular formula is C14H20N4. The quantitative estimate of drug-likeness (QED) is 0.883. The number of nitrogens with zero attached hydrogens (tertiary/aromatic N) is 3. The molecule has 2 N–H and O–H groups in total. The predicted octanol–water partition coefficient (Wildman–Crippen LogP) is 2.61. The maximum atomic E-state index is 6.03. The van der Waals surface area contributed by atoms with Gasteiger partial charge in [0.2, 0.25) is 0 Å². The van der Waals surface area contributed by atoms with E-state index in [4.69, 9.17) is 10.7 Å². The maximum absolute atomic E-state index is 6.03. The molecule has 3 rings (SSSR count). The summed E-state index contributed by atoms with van der Waals surface area (Å²) in [6, 6.07) is 2.82. The highest BCUT2D eigenvalue weighted by Gasteiger charge is 2.28. The van der Waals surface area contributed by atoms with E-state index in [1.54, 1.807) is 0 Å². The molecule has 18 heavy (non-hydrogen) atoms. The lowest BCUT2D eigenvalue weighted by Gasteiger charge is -2.16. The highest BCUT2D eigenvalue weighted by atomic mass is 15.1. The van der Waals surface area contributed by atoms with Crippen LogP contribution in [0.5, 0.6) is 0 Å². The minimum absolute atomic E-state index is 0.341. The molecule has 1 aliphatic carbocycles. The van der Waals surface area contributed by atoms with Crippen molar-refractivity contribution in [1.82, 2.24) is 14.5 Å². The summed E-state index contributed by atoms with van der Waals surface area (Å²) in [5.74, 6) is 1.70. The summed E-state index contributed by atoms with van der Waals surface area (Å²) >= 11 is 0. The average molecular weight is 244 g/mol. The Morgan fingerprint density at radius 2 is 2.22 bits per heavy atom. The molecule has 0 bridgehead atoms. The molecule has 0 radical (unpaired) electrons. The third-order valence-corrected chi connectivity index (χ3v) is 3.87. The predicted molar refractivity (Wildman–Crippen MR) is 72.5 cm³/mol. The zero-order chi connectivity index (χ0) is 12.7. The Kier molecular flexibility index (Phi) is 2.82. The Bertz CT molecular complexity index is 558. The Balaban J connectivity index is 2.13. The molecule has 1 aliphatic rings. The normalized spacial score (nSPS) is 24.2. The van der Waals surface area contributed by atoms with Gasteiger partial charge in [-0.25, -0.2) is 4.98 Å². The van der Waals surface area contributed by atoms with Crippen LogP contribution >= 0.6 is 0 Å². The van der Waals surface area contributed by atoms with Gasteiger partial charge in [-0.15, -0.1) is 0 Å². The van der Waals surface area contributed by atoms with Crippen LogP contribution < -0.4 is 5.73 Å². The maximum Gasteiger partial charge on any atom is 0.113 e. The van der Waals surface area contributed by atoms with Crippen LogP contribution in [0.2, 0.25) is 0 Å². The number of hydrogen-bond acceptors (Lipinski definition) is 3. The number of hydrogen-bond donors (Lipinski definition) is 1. The van der Waals surface area contributed by atoms with Crippen molar-refractivity contribution in [3.8, 4) is 0 Å². The van der Waals surface area contributed by atoms with Crippen LogP contribution in [-0.4, -0.2) is 20.6 Å². The SMILES string of the molecule is CC(C)n1c(C2CCC(N)C2)nc2cnccc21. The van der Waals surface area contributed by atoms with Crippen LogP contribution in [-0.2, 0) is 0 Å². The molecule has 0 amide bonds. The molecule has 1 saturated carbocycles. The molecule has 4 nitrogen and oxygen atoms in total. The highest BCUT2D eigenvalue weighted by molar-refractivity contribution is 5.75. The molecule has 2 aromatic heterocycles. The van der Waals surface area contributed by atoms with Gasteiger partial charge in [0.15, 0.2) is 0 Å². The second-order valence-corrected chi connectivity index (χ2v) is 5.57. The molecule has 1 fully saturated rings. The van der Waals surface area contributed by atoms with Crippen molar-refractivity contribution in [1.29, 1.82) is 0 Å². The second-order valence-electron chi connectivity index (χ2n) is 5.57. The molecule has 2 heterocycles. The van der Waals surface area contributed by atoms with E-state index in [9.17, 15) is 0 Å². The van der Waals surface area contributed by atoms with Crippen LogP contribution in [0.4, 0.5) is 0 Å². The van der Waals surface area contributed by atoms with Gasteiger partial charge < -0.3 is 10.3 Å². The van der Waals surface area contributed by atoms with E-state index in [0.717, 1.165) is 24.8 Å². The van der Waals surface area contributed by atoms with Gasteiger partial charge in [-0.1, -0.05) is 0 Å². The Morgan fingerprint density at radius 3 is 2.89 bits per heavy atom. The topological polar surface area (TPSA) is 56.7 Å². The second kappa shape index (κ2) is 4.35. The number of fused-ring (bicyclic) bond motifs is 1. The van der Waals surface area contributed by atoms with Crippen molar-refractivity contribution in [3.05, 3.63) is 24.3 Å². The number of nitrogens with two attached hydrogens (primary N) is 1. The first-order chi connectivity index (χ1) is 8.66. The smallest absolute Gasteiger partial charge is 0.113 e. The van der Waals surface area contributed by atoms with E-state index >= 15 is 0 Å². The highest BCUT2D eigenvalue weighted by Crippen LogP contribution is 2.35. The van der Waals surface area contributed by atoms with Gasteiger partial charge in [0.25, 0.3) is 0 Å². The molecule has 2 aromatic rings. The van der Waals surface area contributed by atoms with E-state index in [-0.39, 0.29) is 0 Å². The van der Waals surface area contributed by atoms with Gasteiger partial charge in [0.1, 0.15) is 11.3 Å². The summed E-state index contributed by atoms with van der Waals surface area (Å²) < 4.78 is 2.35. The van der Waals surface area contributed by atoms with Gasteiger partial charge in [0.05, 0.1) is 11.7 Å². The van der Waals surface area contributed by atoms with Crippen LogP contribution in [0, 0.1) is 0 Å². The van der Waals surface area contributed by atoms with Crippen LogP contribution in [0.1, 0.15) is 50.9 Å². The van der Waals surface area contributed by atoms with Crippen molar-refractivity contribution in [2.24, 2.45) is 5.73 Å². The minimum Gasteiger partial charge on any atom is -0.328 e. The van der Waals surface area contributed by atoms with E-state index in [0.29, 0.717) is 18.0 Å². The molecule has 0 aromatic carbocycles. The lowest BCUT2D eigenvalue weighted by Crippen LogP contribution is -2.16. The third-order valence-electron chi connectivity index (χ3n) is 3.87. The zero-order valence-corrected chi connectivity index (χ0v) is 11.0. The molecule has 2 atom stereocenters. The van der Waals surface area contributed by atoms with Crippen molar-refractivity contribution in [2.75, 3.05) is 0 Å². The van der Waals surface area contributed by atoms with Gasteiger partial charge in [-0.3, -0.25) is 4.98 Å². The van der Waals surface area contributed by atoms with E-state index in [1.165, 1.54) is 11.3 Å². The standard InChI is InChI=1S/C14H20N4/c1-9(2)18-13-5-6-16-8-12(13)17-14(18)10-3-4-11(15)7-10/h5-6,8-11H,3-4,7,15H2,1-2H3. The molecular weight excluding hydrogens is 224 g/mol. The Hall–Kier alpha value is -1.42. The molecule has 0 spiro atoms. The Labute approximate surface area is 107 Å². The lowest BCUT2D eigenvalue weighted by atomic mass is 10.1. The number of rotatable bonds is 2. The van der Waals surface area contributed by atoms with Gasteiger partial charge in [-0.2, -0.15) is 0 Å². The van der Waals surface area contributed by atoms with Crippen LogP contribution in [0.25, 0.3) is 11.0 Å². The van der Waals surface area contributed by atoms with E-state index < -0.39 is 0 Å². The summed E-state index contributed by atoms with van der Waals surface area (Å²) in [6.45, 7) is 4.42. The van der Waals surface area contributed by atoms with E-state index in [1.807, 2.05) is 12.4 Å².